The fourth-order valence-electron chi connectivity index (χ4n) is 2.08. The number of nitrogens with zero attached hydrogens (tertiary/aromatic N) is 3. The molecule has 0 unspecified atom stereocenters. The molecule has 0 aromatic heterocycles. The molecule has 0 radical (unpaired) electrons. The van der Waals surface area contributed by atoms with Crippen LogP contribution < -0.4 is 0 Å². The molecule has 1 aliphatic heterocycles. The summed E-state index contributed by atoms with van der Waals surface area (Å²) < 4.78 is 0. The van der Waals surface area contributed by atoms with Gasteiger partial charge < -0.3 is 0 Å². The number of aliphatic imine (C=N–C) groups is 1. The van der Waals surface area contributed by atoms with Gasteiger partial charge in [0.05, 0.1) is 11.4 Å². The summed E-state index contributed by atoms with van der Waals surface area (Å²) in [4.78, 5) is 4.45. The topological polar surface area (TPSA) is 28.0 Å². The van der Waals surface area contributed by atoms with Crippen LogP contribution in [0.4, 0.5) is 0 Å². The third kappa shape index (κ3) is 2.08. The van der Waals surface area contributed by atoms with E-state index >= 15 is 0 Å². The number of amidine groups is 1. The van der Waals surface area contributed by atoms with Crippen LogP contribution in [0.15, 0.2) is 52.7 Å². The van der Waals surface area contributed by atoms with Crippen LogP contribution in [-0.4, -0.2) is 23.6 Å². The van der Waals surface area contributed by atoms with Crippen molar-refractivity contribution in [3.63, 3.8) is 0 Å². The van der Waals surface area contributed by atoms with Gasteiger partial charge in [-0.3, -0.25) is 5.01 Å². The number of hydrogen-bond acceptors (Lipinski definition) is 3. The molecule has 0 bridgehead atoms. The third-order valence-corrected chi connectivity index (χ3v) is 3.38. The SMILES string of the molecule is C=C1N=C(C)N(C)N=C1C(C)(C)c1ccccc1. The lowest BCUT2D eigenvalue weighted by Gasteiger charge is -2.31. The summed E-state index contributed by atoms with van der Waals surface area (Å²) in [5, 5.41) is 6.41. The van der Waals surface area contributed by atoms with Gasteiger partial charge in [0.15, 0.2) is 0 Å². The zero-order chi connectivity index (χ0) is 13.3. The highest BCUT2D eigenvalue weighted by atomic mass is 15.5. The highest BCUT2D eigenvalue weighted by molar-refractivity contribution is 6.09. The molecular formula is C15H19N3. The fraction of sp³-hybridized carbons (Fsp3) is 0.333. The van der Waals surface area contributed by atoms with Gasteiger partial charge in [0, 0.05) is 12.5 Å². The Morgan fingerprint density at radius 1 is 1.17 bits per heavy atom. The van der Waals surface area contributed by atoms with Crippen molar-refractivity contribution in [3.8, 4) is 0 Å². The zero-order valence-corrected chi connectivity index (χ0v) is 11.4. The van der Waals surface area contributed by atoms with Gasteiger partial charge in [-0.2, -0.15) is 5.10 Å². The van der Waals surface area contributed by atoms with Crippen LogP contribution in [0.2, 0.25) is 0 Å². The Kier molecular flexibility index (Phi) is 3.07. The lowest BCUT2D eigenvalue weighted by Crippen LogP contribution is -2.36. The molecule has 0 spiro atoms. The van der Waals surface area contributed by atoms with Crippen LogP contribution in [0.5, 0.6) is 0 Å². The van der Waals surface area contributed by atoms with Crippen LogP contribution >= 0.6 is 0 Å². The number of hydrazone groups is 1. The number of benzene rings is 1. The van der Waals surface area contributed by atoms with Gasteiger partial charge in [0.2, 0.25) is 0 Å². The lowest BCUT2D eigenvalue weighted by molar-refractivity contribution is 0.519. The van der Waals surface area contributed by atoms with Crippen molar-refractivity contribution in [1.29, 1.82) is 0 Å². The Morgan fingerprint density at radius 2 is 1.78 bits per heavy atom. The van der Waals surface area contributed by atoms with Gasteiger partial charge in [-0.1, -0.05) is 50.8 Å². The van der Waals surface area contributed by atoms with Crippen LogP contribution in [0.3, 0.4) is 0 Å². The van der Waals surface area contributed by atoms with Crippen molar-refractivity contribution >= 4 is 11.5 Å². The van der Waals surface area contributed by atoms with Gasteiger partial charge in [-0.05, 0) is 12.5 Å². The van der Waals surface area contributed by atoms with Crippen molar-refractivity contribution in [2.75, 3.05) is 7.05 Å². The molecule has 0 fully saturated rings. The van der Waals surface area contributed by atoms with Crippen LogP contribution in [-0.2, 0) is 5.41 Å². The molecule has 1 aliphatic rings. The van der Waals surface area contributed by atoms with Crippen molar-refractivity contribution < 1.29 is 0 Å². The second kappa shape index (κ2) is 4.41. The van der Waals surface area contributed by atoms with Gasteiger partial charge >= 0.3 is 0 Å². The molecule has 18 heavy (non-hydrogen) atoms. The van der Waals surface area contributed by atoms with E-state index in [4.69, 9.17) is 0 Å². The summed E-state index contributed by atoms with van der Waals surface area (Å²) in [6.45, 7) is 10.3. The van der Waals surface area contributed by atoms with Gasteiger partial charge in [0.1, 0.15) is 5.84 Å². The highest BCUT2D eigenvalue weighted by Crippen LogP contribution is 2.30. The number of hydrogen-bond donors (Lipinski definition) is 0. The van der Waals surface area contributed by atoms with E-state index < -0.39 is 0 Å². The third-order valence-electron chi connectivity index (χ3n) is 3.38. The normalized spacial score (nSPS) is 16.4. The van der Waals surface area contributed by atoms with Crippen molar-refractivity contribution in [1.82, 2.24) is 5.01 Å². The highest BCUT2D eigenvalue weighted by Gasteiger charge is 2.31. The molecule has 1 aromatic rings. The first kappa shape index (κ1) is 12.6. The van der Waals surface area contributed by atoms with Gasteiger partial charge in [0.25, 0.3) is 0 Å². The molecule has 0 amide bonds. The van der Waals surface area contributed by atoms with Gasteiger partial charge in [-0.15, -0.1) is 0 Å². The predicted molar refractivity (Wildman–Crippen MR) is 76.9 cm³/mol. The minimum Gasteiger partial charge on any atom is -0.255 e. The standard InChI is InChI=1S/C15H19N3/c1-11-14(17-18(5)12(2)16-11)15(3,4)13-9-7-6-8-10-13/h6-10H,1H2,2-5H3. The largest absolute Gasteiger partial charge is 0.255 e. The van der Waals surface area contributed by atoms with Gasteiger partial charge in [-0.25, -0.2) is 4.99 Å². The Labute approximate surface area is 109 Å². The average Bonchev–Trinajstić information content (AvgIpc) is 2.34. The molecular weight excluding hydrogens is 222 g/mol. The first-order chi connectivity index (χ1) is 8.43. The molecule has 0 atom stereocenters. The zero-order valence-electron chi connectivity index (χ0n) is 11.4. The van der Waals surface area contributed by atoms with E-state index in [1.807, 2.05) is 32.2 Å². The molecule has 2 rings (SSSR count). The first-order valence-electron chi connectivity index (χ1n) is 6.06. The van der Waals surface area contributed by atoms with E-state index in [2.05, 4.69) is 42.7 Å². The fourth-order valence-corrected chi connectivity index (χ4v) is 2.08. The summed E-state index contributed by atoms with van der Waals surface area (Å²) in [5.41, 5.74) is 2.69. The summed E-state index contributed by atoms with van der Waals surface area (Å²) in [6, 6.07) is 10.3. The molecule has 0 aliphatic carbocycles. The summed E-state index contributed by atoms with van der Waals surface area (Å²) in [5.74, 6) is 0.868. The summed E-state index contributed by atoms with van der Waals surface area (Å²) in [6.07, 6.45) is 0. The maximum atomic E-state index is 4.61. The van der Waals surface area contributed by atoms with Crippen molar-refractivity contribution in [3.05, 3.63) is 48.2 Å². The summed E-state index contributed by atoms with van der Waals surface area (Å²) in [7, 11) is 1.91. The maximum absolute atomic E-state index is 4.61. The van der Waals surface area contributed by atoms with Crippen LogP contribution in [0.1, 0.15) is 26.3 Å². The molecule has 1 aromatic carbocycles. The molecule has 1 heterocycles. The Morgan fingerprint density at radius 3 is 2.39 bits per heavy atom. The Balaban J connectivity index is 2.43. The van der Waals surface area contributed by atoms with E-state index in [0.29, 0.717) is 0 Å². The molecule has 94 valence electrons. The Hall–Kier alpha value is -1.90. The monoisotopic (exact) mass is 241 g/mol. The minimum atomic E-state index is -0.198. The van der Waals surface area contributed by atoms with E-state index in [1.165, 1.54) is 5.56 Å². The Bertz CT molecular complexity index is 524. The van der Waals surface area contributed by atoms with E-state index in [9.17, 15) is 0 Å². The number of allylic oxidation sites excluding steroid dienone is 1. The lowest BCUT2D eigenvalue weighted by atomic mass is 9.79. The molecule has 0 N–H and O–H groups in total. The minimum absolute atomic E-state index is 0.198. The number of rotatable bonds is 2. The molecule has 3 nitrogen and oxygen atoms in total. The van der Waals surface area contributed by atoms with Crippen LogP contribution in [0, 0.1) is 0 Å². The maximum Gasteiger partial charge on any atom is 0.122 e. The first-order valence-corrected chi connectivity index (χ1v) is 6.06. The van der Waals surface area contributed by atoms with Crippen molar-refractivity contribution in [2.45, 2.75) is 26.2 Å². The average molecular weight is 241 g/mol. The molecule has 0 saturated heterocycles. The quantitative estimate of drug-likeness (QED) is 0.781. The van der Waals surface area contributed by atoms with E-state index in [-0.39, 0.29) is 5.41 Å². The smallest absolute Gasteiger partial charge is 0.122 e. The summed E-state index contributed by atoms with van der Waals surface area (Å²) >= 11 is 0. The second-order valence-corrected chi connectivity index (χ2v) is 5.07. The molecule has 3 heteroatoms. The van der Waals surface area contributed by atoms with Crippen LogP contribution in [0.25, 0.3) is 0 Å². The second-order valence-electron chi connectivity index (χ2n) is 5.07. The van der Waals surface area contributed by atoms with E-state index in [1.54, 1.807) is 5.01 Å². The molecule has 0 saturated carbocycles. The van der Waals surface area contributed by atoms with E-state index in [0.717, 1.165) is 17.2 Å². The predicted octanol–water partition coefficient (Wildman–Crippen LogP) is 3.20. The van der Waals surface area contributed by atoms with Crippen molar-refractivity contribution in [2.24, 2.45) is 10.1 Å².